The number of hydrogen-bond donors (Lipinski definition) is 2. The molecule has 1 unspecified atom stereocenters. The first-order valence-electron chi connectivity index (χ1n) is 6.24. The van der Waals surface area contributed by atoms with Crippen LogP contribution in [0, 0.1) is 5.41 Å². The number of nitrogens with one attached hydrogen (secondary N) is 1. The van der Waals surface area contributed by atoms with Crippen LogP contribution in [0.4, 0.5) is 0 Å². The highest BCUT2D eigenvalue weighted by molar-refractivity contribution is 5.73. The number of fused-ring (bicyclic) bond motifs is 1. The Morgan fingerprint density at radius 1 is 1.42 bits per heavy atom. The second-order valence-electron chi connectivity index (χ2n) is 5.35. The van der Waals surface area contributed by atoms with Gasteiger partial charge in [0.25, 0.3) is 0 Å². The van der Waals surface area contributed by atoms with Gasteiger partial charge in [0.15, 0.2) is 11.5 Å². The molecule has 19 heavy (non-hydrogen) atoms. The fourth-order valence-electron chi connectivity index (χ4n) is 2.11. The van der Waals surface area contributed by atoms with Crippen LogP contribution in [0.3, 0.4) is 0 Å². The van der Waals surface area contributed by atoms with Crippen molar-refractivity contribution in [1.82, 2.24) is 5.32 Å². The third kappa shape index (κ3) is 2.81. The second kappa shape index (κ2) is 5.09. The third-order valence-electron chi connectivity index (χ3n) is 3.44. The quantitative estimate of drug-likeness (QED) is 0.854. The van der Waals surface area contributed by atoms with Crippen LogP contribution in [0.15, 0.2) is 18.2 Å². The van der Waals surface area contributed by atoms with Crippen molar-refractivity contribution in [3.05, 3.63) is 23.8 Å². The summed E-state index contributed by atoms with van der Waals surface area (Å²) < 4.78 is 10.6. The van der Waals surface area contributed by atoms with Crippen molar-refractivity contribution in [3.8, 4) is 11.5 Å². The molecule has 0 saturated carbocycles. The van der Waals surface area contributed by atoms with Crippen LogP contribution in [-0.4, -0.2) is 24.9 Å². The van der Waals surface area contributed by atoms with E-state index in [4.69, 9.17) is 9.47 Å². The van der Waals surface area contributed by atoms with Crippen molar-refractivity contribution < 1.29 is 19.4 Å². The van der Waals surface area contributed by atoms with Crippen LogP contribution in [0.2, 0.25) is 0 Å². The number of carbonyl (C=O) groups is 1. The fourth-order valence-corrected chi connectivity index (χ4v) is 2.11. The molecular formula is C14H19NO4. The van der Waals surface area contributed by atoms with Crippen molar-refractivity contribution in [1.29, 1.82) is 0 Å². The maximum absolute atomic E-state index is 11.2. The number of carboxylic acids is 1. The van der Waals surface area contributed by atoms with Gasteiger partial charge in [0.1, 0.15) is 0 Å². The molecule has 5 heteroatoms. The predicted octanol–water partition coefficient (Wildman–Crippen LogP) is 2.18. The van der Waals surface area contributed by atoms with Crippen LogP contribution in [0.5, 0.6) is 11.5 Å². The molecule has 0 spiro atoms. The first-order valence-corrected chi connectivity index (χ1v) is 6.24. The highest BCUT2D eigenvalue weighted by atomic mass is 16.7. The largest absolute Gasteiger partial charge is 0.481 e. The van der Waals surface area contributed by atoms with Gasteiger partial charge in [-0.05, 0) is 45.0 Å². The molecule has 0 aromatic heterocycles. The molecular weight excluding hydrogens is 246 g/mol. The molecule has 1 aromatic rings. The van der Waals surface area contributed by atoms with E-state index in [0.717, 1.165) is 11.3 Å². The van der Waals surface area contributed by atoms with E-state index in [-0.39, 0.29) is 12.8 Å². The van der Waals surface area contributed by atoms with E-state index in [2.05, 4.69) is 5.32 Å². The average Bonchev–Trinajstić information content (AvgIpc) is 2.82. The first-order chi connectivity index (χ1) is 8.94. The number of rotatable bonds is 5. The summed E-state index contributed by atoms with van der Waals surface area (Å²) in [6.07, 6.45) is 0.498. The van der Waals surface area contributed by atoms with Crippen LogP contribution < -0.4 is 14.8 Å². The van der Waals surface area contributed by atoms with Crippen molar-refractivity contribution in [2.24, 2.45) is 5.41 Å². The summed E-state index contributed by atoms with van der Waals surface area (Å²) in [7, 11) is 1.83. The van der Waals surface area contributed by atoms with E-state index in [1.54, 1.807) is 13.8 Å². The Bertz CT molecular complexity index is 484. The lowest BCUT2D eigenvalue weighted by Gasteiger charge is -2.26. The predicted molar refractivity (Wildman–Crippen MR) is 70.4 cm³/mol. The summed E-state index contributed by atoms with van der Waals surface area (Å²) in [5.41, 5.74) is 0.213. The Morgan fingerprint density at radius 2 is 2.11 bits per heavy atom. The molecule has 1 atom stereocenters. The minimum absolute atomic E-state index is 0.0411. The Hall–Kier alpha value is -1.75. The van der Waals surface area contributed by atoms with Crippen molar-refractivity contribution in [2.45, 2.75) is 26.3 Å². The maximum atomic E-state index is 11.2. The maximum Gasteiger partial charge on any atom is 0.309 e. The van der Waals surface area contributed by atoms with Gasteiger partial charge < -0.3 is 19.9 Å². The van der Waals surface area contributed by atoms with Gasteiger partial charge in [-0.25, -0.2) is 0 Å². The summed E-state index contributed by atoms with van der Waals surface area (Å²) in [4.78, 5) is 11.2. The SMILES string of the molecule is CNC(CC(C)(C)C(=O)O)c1ccc2c(c1)OCO2. The highest BCUT2D eigenvalue weighted by Crippen LogP contribution is 2.37. The van der Waals surface area contributed by atoms with Gasteiger partial charge in [-0.1, -0.05) is 6.07 Å². The minimum Gasteiger partial charge on any atom is -0.481 e. The molecule has 1 heterocycles. The fraction of sp³-hybridized carbons (Fsp3) is 0.500. The van der Waals surface area contributed by atoms with Gasteiger partial charge in [0.05, 0.1) is 5.41 Å². The summed E-state index contributed by atoms with van der Waals surface area (Å²) in [5, 5.41) is 12.4. The number of carboxylic acid groups (broad SMARTS) is 1. The van der Waals surface area contributed by atoms with E-state index in [0.29, 0.717) is 12.2 Å². The summed E-state index contributed by atoms with van der Waals surface area (Å²) in [6.45, 7) is 3.70. The lowest BCUT2D eigenvalue weighted by atomic mass is 9.83. The van der Waals surface area contributed by atoms with E-state index < -0.39 is 11.4 Å². The third-order valence-corrected chi connectivity index (χ3v) is 3.44. The molecule has 2 N–H and O–H groups in total. The molecule has 5 nitrogen and oxygen atoms in total. The Labute approximate surface area is 112 Å². The zero-order valence-corrected chi connectivity index (χ0v) is 11.4. The molecule has 2 rings (SSSR count). The van der Waals surface area contributed by atoms with Crippen LogP contribution in [0.25, 0.3) is 0 Å². The zero-order valence-electron chi connectivity index (χ0n) is 11.4. The van der Waals surface area contributed by atoms with Gasteiger partial charge in [-0.15, -0.1) is 0 Å². The van der Waals surface area contributed by atoms with Crippen LogP contribution in [-0.2, 0) is 4.79 Å². The monoisotopic (exact) mass is 265 g/mol. The minimum atomic E-state index is -0.798. The number of ether oxygens (including phenoxy) is 2. The highest BCUT2D eigenvalue weighted by Gasteiger charge is 2.31. The Morgan fingerprint density at radius 3 is 2.74 bits per heavy atom. The molecule has 0 fully saturated rings. The Kier molecular flexibility index (Phi) is 3.66. The van der Waals surface area contributed by atoms with Crippen LogP contribution >= 0.6 is 0 Å². The van der Waals surface area contributed by atoms with Crippen molar-refractivity contribution in [3.63, 3.8) is 0 Å². The standard InChI is InChI=1S/C14H19NO4/c1-14(2,13(16)17)7-10(15-3)9-4-5-11-12(6-9)19-8-18-11/h4-6,10,15H,7-8H2,1-3H3,(H,16,17). The molecule has 0 saturated heterocycles. The van der Waals surface area contributed by atoms with E-state index in [1.807, 2.05) is 25.2 Å². The van der Waals surface area contributed by atoms with Crippen LogP contribution in [0.1, 0.15) is 31.9 Å². The molecule has 104 valence electrons. The summed E-state index contributed by atoms with van der Waals surface area (Å²) in [6, 6.07) is 5.66. The molecule has 0 bridgehead atoms. The van der Waals surface area contributed by atoms with Crippen molar-refractivity contribution >= 4 is 5.97 Å². The molecule has 0 radical (unpaired) electrons. The molecule has 0 amide bonds. The van der Waals surface area contributed by atoms with Gasteiger partial charge in [-0.2, -0.15) is 0 Å². The van der Waals surface area contributed by atoms with E-state index >= 15 is 0 Å². The lowest BCUT2D eigenvalue weighted by molar-refractivity contribution is -0.147. The average molecular weight is 265 g/mol. The number of aliphatic carboxylic acids is 1. The van der Waals surface area contributed by atoms with Gasteiger partial charge in [0, 0.05) is 6.04 Å². The van der Waals surface area contributed by atoms with Gasteiger partial charge in [0.2, 0.25) is 6.79 Å². The molecule has 1 aliphatic rings. The molecule has 0 aliphatic carbocycles. The normalized spacial score (nSPS) is 15.3. The number of benzene rings is 1. The first kappa shape index (κ1) is 13.7. The smallest absolute Gasteiger partial charge is 0.309 e. The van der Waals surface area contributed by atoms with E-state index in [1.165, 1.54) is 0 Å². The number of hydrogen-bond acceptors (Lipinski definition) is 4. The molecule has 1 aliphatic heterocycles. The molecule has 1 aromatic carbocycles. The van der Waals surface area contributed by atoms with Gasteiger partial charge >= 0.3 is 5.97 Å². The van der Waals surface area contributed by atoms with Crippen molar-refractivity contribution in [2.75, 3.05) is 13.8 Å². The Balaban J connectivity index is 2.20. The lowest BCUT2D eigenvalue weighted by Crippen LogP contribution is -2.30. The summed E-state index contributed by atoms with van der Waals surface area (Å²) in [5.74, 6) is 0.649. The van der Waals surface area contributed by atoms with Gasteiger partial charge in [-0.3, -0.25) is 4.79 Å². The zero-order chi connectivity index (χ0) is 14.0. The second-order valence-corrected chi connectivity index (χ2v) is 5.35. The van der Waals surface area contributed by atoms with E-state index in [9.17, 15) is 9.90 Å². The topological polar surface area (TPSA) is 67.8 Å². The summed E-state index contributed by atoms with van der Waals surface area (Å²) >= 11 is 0.